The van der Waals surface area contributed by atoms with E-state index in [1.165, 1.54) is 5.57 Å². The van der Waals surface area contributed by atoms with Crippen LogP contribution in [0.2, 0.25) is 0 Å². The first kappa shape index (κ1) is 14.2. The van der Waals surface area contributed by atoms with E-state index in [1.807, 2.05) is 36.4 Å². The molecule has 2 heterocycles. The maximum absolute atomic E-state index is 4.70. The van der Waals surface area contributed by atoms with Gasteiger partial charge in [-0.3, -0.25) is 5.10 Å². The summed E-state index contributed by atoms with van der Waals surface area (Å²) in [4.78, 5) is 4.70. The average molecular weight is 389 g/mol. The zero-order valence-corrected chi connectivity index (χ0v) is 14.1. The van der Waals surface area contributed by atoms with Gasteiger partial charge in [0.15, 0.2) is 5.82 Å². The SMILES string of the molecule is CC(C)(C1=CI=C=CC=C1)c1nc(-c2ccccc2)n[nH]1. The fourth-order valence-electron chi connectivity index (χ4n) is 2.09. The molecule has 4 heteroatoms. The van der Waals surface area contributed by atoms with Gasteiger partial charge in [-0.25, -0.2) is 4.98 Å². The van der Waals surface area contributed by atoms with Crippen molar-refractivity contribution in [3.8, 4) is 11.4 Å². The molecule has 0 atom stereocenters. The maximum Gasteiger partial charge on any atom is 0.181 e. The van der Waals surface area contributed by atoms with Gasteiger partial charge < -0.3 is 0 Å². The molecule has 1 aliphatic heterocycles. The van der Waals surface area contributed by atoms with Crippen LogP contribution in [0.15, 0.2) is 58.2 Å². The molecule has 2 aromatic rings. The Morgan fingerprint density at radius 1 is 1.19 bits per heavy atom. The lowest BCUT2D eigenvalue weighted by Gasteiger charge is -2.22. The van der Waals surface area contributed by atoms with E-state index in [4.69, 9.17) is 4.98 Å². The maximum atomic E-state index is 4.70. The molecule has 0 fully saturated rings. The van der Waals surface area contributed by atoms with Gasteiger partial charge in [-0.15, -0.1) is 0 Å². The Hall–Kier alpha value is -1.78. The number of aromatic amines is 1. The van der Waals surface area contributed by atoms with E-state index in [-0.39, 0.29) is 26.1 Å². The molecule has 0 saturated heterocycles. The van der Waals surface area contributed by atoms with Gasteiger partial charge in [0.25, 0.3) is 0 Å². The molecule has 0 radical (unpaired) electrons. The smallest absolute Gasteiger partial charge is 0.181 e. The molecule has 0 unspecified atom stereocenters. The van der Waals surface area contributed by atoms with Crippen LogP contribution in [0.4, 0.5) is 0 Å². The molecule has 3 nitrogen and oxygen atoms in total. The Bertz CT molecular complexity index is 760. The molecular weight excluding hydrogens is 373 g/mol. The molecule has 106 valence electrons. The van der Waals surface area contributed by atoms with E-state index in [2.05, 4.69) is 43.9 Å². The summed E-state index contributed by atoms with van der Waals surface area (Å²) in [6, 6.07) is 10.0. The van der Waals surface area contributed by atoms with Gasteiger partial charge in [0.05, 0.1) is 0 Å². The van der Waals surface area contributed by atoms with Gasteiger partial charge in [0.2, 0.25) is 0 Å². The van der Waals surface area contributed by atoms with Crippen molar-refractivity contribution in [1.29, 1.82) is 0 Å². The zero-order valence-electron chi connectivity index (χ0n) is 12.0. The van der Waals surface area contributed by atoms with Gasteiger partial charge in [0, 0.05) is 11.0 Å². The Labute approximate surface area is 134 Å². The van der Waals surface area contributed by atoms with Crippen molar-refractivity contribution in [2.75, 3.05) is 0 Å². The molecule has 0 amide bonds. The highest BCUT2D eigenvalue weighted by atomic mass is 127. The van der Waals surface area contributed by atoms with Crippen LogP contribution in [0, 0.1) is 0 Å². The number of halogens is 1. The summed E-state index contributed by atoms with van der Waals surface area (Å²) < 4.78 is 5.60. The summed E-state index contributed by atoms with van der Waals surface area (Å²) in [5, 5.41) is 7.48. The fourth-order valence-corrected chi connectivity index (χ4v) is 4.01. The first-order valence-corrected chi connectivity index (χ1v) is 9.07. The van der Waals surface area contributed by atoms with Gasteiger partial charge in [-0.1, -0.05) is 46.2 Å². The van der Waals surface area contributed by atoms with Gasteiger partial charge in [0.1, 0.15) is 5.82 Å². The van der Waals surface area contributed by atoms with Crippen LogP contribution in [0.5, 0.6) is 0 Å². The minimum absolute atomic E-state index is 0.141. The third-order valence-corrected chi connectivity index (χ3v) is 5.20. The Kier molecular flexibility index (Phi) is 3.99. The second kappa shape index (κ2) is 5.92. The Morgan fingerprint density at radius 2 is 2.00 bits per heavy atom. The summed E-state index contributed by atoms with van der Waals surface area (Å²) in [5.41, 5.74) is 2.12. The third-order valence-electron chi connectivity index (χ3n) is 3.50. The summed E-state index contributed by atoms with van der Waals surface area (Å²) in [6.07, 6.45) is 6.20. The highest BCUT2D eigenvalue weighted by molar-refractivity contribution is 14.2. The molecule has 1 aliphatic rings. The van der Waals surface area contributed by atoms with Crippen molar-refractivity contribution in [2.24, 2.45) is 0 Å². The summed E-state index contributed by atoms with van der Waals surface area (Å²) in [6.45, 7) is 4.35. The van der Waals surface area contributed by atoms with E-state index in [1.54, 1.807) is 0 Å². The lowest BCUT2D eigenvalue weighted by atomic mass is 9.84. The Morgan fingerprint density at radius 3 is 2.81 bits per heavy atom. The number of nitrogens with one attached hydrogen (secondary N) is 1. The van der Waals surface area contributed by atoms with E-state index in [0.717, 1.165) is 17.2 Å². The van der Waals surface area contributed by atoms with Crippen molar-refractivity contribution < 1.29 is 0 Å². The Balaban J connectivity index is 1.96. The number of H-pyrrole nitrogens is 1. The second-order valence-corrected chi connectivity index (χ2v) is 7.18. The van der Waals surface area contributed by atoms with E-state index < -0.39 is 0 Å². The average Bonchev–Trinajstić information content (AvgIpc) is 2.84. The van der Waals surface area contributed by atoms with Crippen molar-refractivity contribution in [1.82, 2.24) is 15.2 Å². The van der Waals surface area contributed by atoms with Crippen LogP contribution in [0.1, 0.15) is 19.7 Å². The molecule has 1 aromatic heterocycles. The quantitative estimate of drug-likeness (QED) is 0.803. The van der Waals surface area contributed by atoms with Gasteiger partial charge in [-0.05, 0) is 50.3 Å². The number of aromatic nitrogens is 3. The van der Waals surface area contributed by atoms with Crippen molar-refractivity contribution in [3.05, 3.63) is 64.0 Å². The minimum atomic E-state index is -0.184. The van der Waals surface area contributed by atoms with Crippen molar-refractivity contribution >= 4 is 24.4 Å². The molecule has 0 aliphatic carbocycles. The van der Waals surface area contributed by atoms with Crippen LogP contribution in [-0.4, -0.2) is 18.8 Å². The third kappa shape index (κ3) is 2.96. The number of rotatable bonds is 3. The molecule has 0 saturated carbocycles. The minimum Gasteiger partial charge on any atom is -0.262 e. The predicted octanol–water partition coefficient (Wildman–Crippen LogP) is 4.13. The van der Waals surface area contributed by atoms with E-state index in [0.29, 0.717) is 0 Å². The molecule has 0 spiro atoms. The lowest BCUT2D eigenvalue weighted by molar-refractivity contribution is 0.594. The van der Waals surface area contributed by atoms with Crippen LogP contribution < -0.4 is 0 Å². The summed E-state index contributed by atoms with van der Waals surface area (Å²) in [7, 11) is 0. The summed E-state index contributed by atoms with van der Waals surface area (Å²) in [5.74, 6) is 1.64. The van der Waals surface area contributed by atoms with Crippen LogP contribution in [0.25, 0.3) is 11.4 Å². The van der Waals surface area contributed by atoms with Crippen LogP contribution in [-0.2, 0) is 5.41 Å². The standard InChI is InChI=1S/C17H16IN3/c1-17(2,14-10-6-7-11-18-12-14)16-19-15(20-21-16)13-8-4-3-5-9-13/h3-10,12H,1-2H3,(H,19,20,21). The van der Waals surface area contributed by atoms with Crippen molar-refractivity contribution in [2.45, 2.75) is 19.3 Å². The zero-order chi connectivity index (χ0) is 14.7. The van der Waals surface area contributed by atoms with Gasteiger partial charge in [-0.2, -0.15) is 5.10 Å². The largest absolute Gasteiger partial charge is 0.262 e. The molecule has 1 aromatic carbocycles. The van der Waals surface area contributed by atoms with Crippen molar-refractivity contribution in [3.63, 3.8) is 0 Å². The first-order chi connectivity index (χ1) is 10.2. The highest BCUT2D eigenvalue weighted by Gasteiger charge is 2.28. The predicted molar refractivity (Wildman–Crippen MR) is 95.7 cm³/mol. The van der Waals surface area contributed by atoms with Crippen LogP contribution >= 0.6 is 20.7 Å². The van der Waals surface area contributed by atoms with Crippen LogP contribution in [0.3, 0.4) is 0 Å². The van der Waals surface area contributed by atoms with E-state index >= 15 is 0 Å². The molecular formula is C17H16IN3. The number of hydrogen-bond acceptors (Lipinski definition) is 2. The molecule has 0 bridgehead atoms. The molecule has 21 heavy (non-hydrogen) atoms. The number of nitrogens with zero attached hydrogens (tertiary/aromatic N) is 2. The number of benzene rings is 1. The van der Waals surface area contributed by atoms with E-state index in [9.17, 15) is 0 Å². The highest BCUT2D eigenvalue weighted by Crippen LogP contribution is 2.32. The monoisotopic (exact) mass is 389 g/mol. The normalized spacial score (nSPS) is 14.5. The second-order valence-electron chi connectivity index (χ2n) is 5.31. The number of hydrogen-bond donors (Lipinski definition) is 1. The van der Waals surface area contributed by atoms with Gasteiger partial charge >= 0.3 is 0 Å². The molecule has 1 N–H and O–H groups in total. The lowest BCUT2D eigenvalue weighted by Crippen LogP contribution is -2.21. The fraction of sp³-hybridized carbons (Fsp3) is 0.176. The topological polar surface area (TPSA) is 41.6 Å². The first-order valence-electron chi connectivity index (χ1n) is 6.75. The number of allylic oxidation sites excluding steroid dienone is 4. The summed E-state index contributed by atoms with van der Waals surface area (Å²) >= 11 is -0.141. The molecule has 3 rings (SSSR count).